The lowest BCUT2D eigenvalue weighted by atomic mass is 10.1. The van der Waals surface area contributed by atoms with Crippen LogP contribution in [0.25, 0.3) is 0 Å². The lowest BCUT2D eigenvalue weighted by Gasteiger charge is -2.29. The summed E-state index contributed by atoms with van der Waals surface area (Å²) in [5, 5.41) is 1.68. The molecule has 1 aliphatic rings. The lowest BCUT2D eigenvalue weighted by Crippen LogP contribution is -2.63. The number of nitrogens with zero attached hydrogens (tertiary/aromatic N) is 2. The van der Waals surface area contributed by atoms with Crippen molar-refractivity contribution in [2.75, 3.05) is 6.54 Å². The van der Waals surface area contributed by atoms with Crippen LogP contribution in [-0.4, -0.2) is 40.9 Å². The third-order valence-corrected chi connectivity index (χ3v) is 5.41. The number of halogens is 4. The predicted octanol–water partition coefficient (Wildman–Crippen LogP) is 4.35. The summed E-state index contributed by atoms with van der Waals surface area (Å²) in [5.41, 5.74) is -3.13. The summed E-state index contributed by atoms with van der Waals surface area (Å²) >= 11 is 0. The third kappa shape index (κ3) is 4.28. The van der Waals surface area contributed by atoms with Gasteiger partial charge in [0.05, 0.1) is 5.56 Å². The number of hydrogen-bond donors (Lipinski definition) is 1. The number of benzene rings is 3. The average Bonchev–Trinajstić information content (AvgIpc) is 3.11. The Bertz CT molecular complexity index is 1230. The molecule has 34 heavy (non-hydrogen) atoms. The number of carbonyl (C=O) groups excluding carboxylic acids is 2. The van der Waals surface area contributed by atoms with Crippen molar-refractivity contribution in [1.29, 1.82) is 0 Å². The Kier molecular flexibility index (Phi) is 6.19. The molecule has 1 N–H and O–H groups in total. The maximum atomic E-state index is 14.4. The first-order valence-electron chi connectivity index (χ1n) is 10.4. The Morgan fingerprint density at radius 2 is 1.50 bits per heavy atom. The molecule has 3 aromatic rings. The molecule has 9 heteroatoms. The quantitative estimate of drug-likeness (QED) is 0.546. The highest BCUT2D eigenvalue weighted by Gasteiger charge is 2.67. The van der Waals surface area contributed by atoms with Crippen molar-refractivity contribution < 1.29 is 27.2 Å². The molecule has 1 atom stereocenters. The molecular formula is C25H19F4N3O2. The Balaban J connectivity index is 1.76. The summed E-state index contributed by atoms with van der Waals surface area (Å²) in [6.45, 7) is -0.107. The van der Waals surface area contributed by atoms with Gasteiger partial charge in [0, 0.05) is 12.1 Å². The highest BCUT2D eigenvalue weighted by molar-refractivity contribution is 6.16. The minimum absolute atomic E-state index is 0.107. The van der Waals surface area contributed by atoms with Gasteiger partial charge >= 0.3 is 11.8 Å². The van der Waals surface area contributed by atoms with Gasteiger partial charge in [-0.05, 0) is 24.1 Å². The van der Waals surface area contributed by atoms with Crippen molar-refractivity contribution in [2.24, 2.45) is 4.99 Å². The number of hydrogen-bond acceptors (Lipinski definition) is 3. The monoisotopic (exact) mass is 469 g/mol. The predicted molar refractivity (Wildman–Crippen MR) is 117 cm³/mol. The fourth-order valence-corrected chi connectivity index (χ4v) is 3.67. The van der Waals surface area contributed by atoms with E-state index >= 15 is 0 Å². The van der Waals surface area contributed by atoms with Gasteiger partial charge in [0.15, 0.2) is 0 Å². The van der Waals surface area contributed by atoms with Crippen LogP contribution in [0.15, 0.2) is 89.9 Å². The van der Waals surface area contributed by atoms with E-state index in [1.807, 2.05) is 0 Å². The van der Waals surface area contributed by atoms with Crippen LogP contribution in [-0.2, 0) is 11.2 Å². The van der Waals surface area contributed by atoms with Crippen LogP contribution >= 0.6 is 0 Å². The van der Waals surface area contributed by atoms with Gasteiger partial charge in [-0.1, -0.05) is 72.8 Å². The number of nitrogens with one attached hydrogen (secondary N) is 1. The smallest absolute Gasteiger partial charge is 0.312 e. The molecule has 174 valence electrons. The number of carbonyl (C=O) groups is 2. The summed E-state index contributed by atoms with van der Waals surface area (Å²) in [6.07, 6.45) is -5.03. The van der Waals surface area contributed by atoms with E-state index < -0.39 is 35.0 Å². The van der Waals surface area contributed by atoms with E-state index in [-0.39, 0.29) is 24.4 Å². The highest BCUT2D eigenvalue weighted by Crippen LogP contribution is 2.38. The first-order chi connectivity index (χ1) is 16.2. The second kappa shape index (κ2) is 9.09. The van der Waals surface area contributed by atoms with Crippen LogP contribution in [0.3, 0.4) is 0 Å². The standard InChI is InChI=1S/C25H19F4N3O2/c26-20-14-8-7-13-19(20)22(33)31-24(25(27,28)29)23(34)32(16-15-17-9-3-1-4-10-17)21(30-24)18-11-5-2-6-12-18/h1-14H,15-16H2,(H,31,33). The zero-order valence-corrected chi connectivity index (χ0v) is 17.7. The highest BCUT2D eigenvalue weighted by atomic mass is 19.4. The zero-order chi connectivity index (χ0) is 24.3. The summed E-state index contributed by atoms with van der Waals surface area (Å²) in [7, 11) is 0. The fourth-order valence-electron chi connectivity index (χ4n) is 3.67. The average molecular weight is 469 g/mol. The normalized spacial score (nSPS) is 18.1. The molecule has 0 spiro atoms. The van der Waals surface area contributed by atoms with Gasteiger partial charge in [-0.2, -0.15) is 13.2 Å². The van der Waals surface area contributed by atoms with Crippen molar-refractivity contribution in [3.05, 3.63) is 107 Å². The first kappa shape index (κ1) is 23.2. The van der Waals surface area contributed by atoms with Crippen LogP contribution < -0.4 is 5.32 Å². The van der Waals surface area contributed by atoms with Crippen LogP contribution in [0, 0.1) is 5.82 Å². The Morgan fingerprint density at radius 3 is 2.12 bits per heavy atom. The van der Waals surface area contributed by atoms with Gasteiger partial charge in [0.2, 0.25) is 0 Å². The molecule has 0 fully saturated rings. The Hall–Kier alpha value is -4.01. The minimum atomic E-state index is -5.29. The SMILES string of the molecule is O=C(NC1(C(F)(F)F)N=C(c2ccccc2)N(CCc2ccccc2)C1=O)c1ccccc1F. The van der Waals surface area contributed by atoms with Crippen LogP contribution in [0.2, 0.25) is 0 Å². The van der Waals surface area contributed by atoms with Gasteiger partial charge in [0.1, 0.15) is 11.7 Å². The van der Waals surface area contributed by atoms with Crippen molar-refractivity contribution in [1.82, 2.24) is 10.2 Å². The van der Waals surface area contributed by atoms with Crippen molar-refractivity contribution >= 4 is 17.6 Å². The molecule has 4 rings (SSSR count). The number of amidine groups is 1. The molecule has 0 bridgehead atoms. The fraction of sp³-hybridized carbons (Fsp3) is 0.160. The molecule has 5 nitrogen and oxygen atoms in total. The largest absolute Gasteiger partial charge is 0.442 e. The molecule has 3 aromatic carbocycles. The third-order valence-electron chi connectivity index (χ3n) is 5.41. The lowest BCUT2D eigenvalue weighted by molar-refractivity contribution is -0.196. The molecule has 0 radical (unpaired) electrons. The number of rotatable bonds is 6. The summed E-state index contributed by atoms with van der Waals surface area (Å²) < 4.78 is 57.3. The van der Waals surface area contributed by atoms with Crippen molar-refractivity contribution in [3.63, 3.8) is 0 Å². The molecule has 0 saturated heterocycles. The Morgan fingerprint density at radius 1 is 0.912 bits per heavy atom. The second-order valence-corrected chi connectivity index (χ2v) is 7.64. The molecule has 0 saturated carbocycles. The van der Waals surface area contributed by atoms with Crippen LogP contribution in [0.5, 0.6) is 0 Å². The molecule has 2 amide bonds. The van der Waals surface area contributed by atoms with Crippen molar-refractivity contribution in [2.45, 2.75) is 18.3 Å². The van der Waals surface area contributed by atoms with Gasteiger partial charge in [-0.3, -0.25) is 14.5 Å². The molecular weight excluding hydrogens is 450 g/mol. The van der Waals surface area contributed by atoms with Crippen molar-refractivity contribution in [3.8, 4) is 0 Å². The van der Waals surface area contributed by atoms with E-state index in [2.05, 4.69) is 4.99 Å². The number of alkyl halides is 3. The molecule has 0 aromatic heterocycles. The van der Waals surface area contributed by atoms with E-state index in [4.69, 9.17) is 0 Å². The summed E-state index contributed by atoms with van der Waals surface area (Å²) in [5.74, 6) is -4.10. The molecule has 0 aliphatic carbocycles. The molecule has 1 unspecified atom stereocenters. The van der Waals surface area contributed by atoms with Crippen LogP contribution in [0.1, 0.15) is 21.5 Å². The number of amides is 2. The second-order valence-electron chi connectivity index (χ2n) is 7.64. The zero-order valence-electron chi connectivity index (χ0n) is 17.7. The minimum Gasteiger partial charge on any atom is -0.312 e. The van der Waals surface area contributed by atoms with Gasteiger partial charge in [0.25, 0.3) is 11.8 Å². The van der Waals surface area contributed by atoms with Gasteiger partial charge in [-0.25, -0.2) is 9.38 Å². The maximum Gasteiger partial charge on any atom is 0.442 e. The van der Waals surface area contributed by atoms with Gasteiger partial charge < -0.3 is 5.32 Å². The first-order valence-corrected chi connectivity index (χ1v) is 10.4. The van der Waals surface area contributed by atoms with E-state index in [9.17, 15) is 27.2 Å². The number of aliphatic imine (C=N–C) groups is 1. The van der Waals surface area contributed by atoms with E-state index in [0.717, 1.165) is 22.6 Å². The maximum absolute atomic E-state index is 14.4. The van der Waals surface area contributed by atoms with Crippen LogP contribution in [0.4, 0.5) is 17.6 Å². The summed E-state index contributed by atoms with van der Waals surface area (Å²) in [4.78, 5) is 30.6. The van der Waals surface area contributed by atoms with E-state index in [1.54, 1.807) is 53.8 Å². The van der Waals surface area contributed by atoms with E-state index in [1.165, 1.54) is 24.3 Å². The van der Waals surface area contributed by atoms with E-state index in [0.29, 0.717) is 0 Å². The molecule has 1 aliphatic heterocycles. The topological polar surface area (TPSA) is 61.8 Å². The summed E-state index contributed by atoms with van der Waals surface area (Å²) in [6, 6.07) is 21.4. The van der Waals surface area contributed by atoms with Gasteiger partial charge in [-0.15, -0.1) is 0 Å². The Labute approximate surface area is 192 Å². The molecule has 1 heterocycles.